The summed E-state index contributed by atoms with van der Waals surface area (Å²) in [4.78, 5) is 55.2. The van der Waals surface area contributed by atoms with Crippen molar-refractivity contribution in [2.45, 2.75) is 212 Å². The Kier molecular flexibility index (Phi) is 31.4. The lowest BCUT2D eigenvalue weighted by Gasteiger charge is -2.28. The van der Waals surface area contributed by atoms with Gasteiger partial charge in [-0.3, -0.25) is 24.4 Å². The van der Waals surface area contributed by atoms with Crippen molar-refractivity contribution in [3.63, 3.8) is 0 Å². The standard InChI is InChI=1S/C24H26ClNO2.C23H25ClN2O2.C22H24ClN3O2.C17H17ClIN3O/c1-16(2)18-5-7-19(8-6-18)24(27)13-17-3-10-21(11-4-17)28-22-12-9-20(15-26)23(25)14-22;1-15(2)22-10-6-18(14-26-22)23(27)11-16-3-7-19(8-4-16)28-20-9-5-17(13-25)21(24)12-20;1-14(2)20-12-26-21(13-25-20)22(27)9-15-3-6-17(7-4-15)28-18-8-5-16(11-24)19(23)10-18;1-22-16(19)10-21-17(22)11-2-5-13(6-3-11)23-14-7-4-12(9-20)15(18)8-14/h5-9,12,14,16-17,21H,3-4,10-11,13H2,1-2H3;5-6,9-10,12,14-16,19H,3-4,7-8,11H2,1-2H3;5,8,10,12-15,17H,3-4,6-7,9H2,1-2H3;4,7-8,10-11,13H,2-3,5-6H2,1H3. The summed E-state index contributed by atoms with van der Waals surface area (Å²) in [5, 5.41) is 37.4. The van der Waals surface area contributed by atoms with Crippen LogP contribution in [0.25, 0.3) is 0 Å². The van der Waals surface area contributed by atoms with E-state index < -0.39 is 0 Å². The van der Waals surface area contributed by atoms with Crippen LogP contribution in [0.5, 0.6) is 23.0 Å². The Labute approximate surface area is 663 Å². The average Bonchev–Trinajstić information content (AvgIpc) is 1.66. The molecular weight excluding hydrogens is 1540 g/mol. The maximum Gasteiger partial charge on any atom is 0.183 e. The molecule has 0 spiro atoms. The Balaban J connectivity index is 0.000000165. The van der Waals surface area contributed by atoms with Gasteiger partial charge in [-0.1, -0.05) is 112 Å². The first-order chi connectivity index (χ1) is 51.4. The van der Waals surface area contributed by atoms with Crippen LogP contribution in [0.15, 0.2) is 134 Å². The number of benzene rings is 5. The van der Waals surface area contributed by atoms with Crippen LogP contribution in [0, 0.1) is 66.8 Å². The summed E-state index contributed by atoms with van der Waals surface area (Å²) in [5.41, 5.74) is 6.98. The summed E-state index contributed by atoms with van der Waals surface area (Å²) in [6.45, 7) is 12.6. The number of hydrogen-bond acceptors (Lipinski definition) is 15. The van der Waals surface area contributed by atoms with Crippen molar-refractivity contribution >= 4 is 86.3 Å². The lowest BCUT2D eigenvalue weighted by atomic mass is 9.83. The molecule has 4 fully saturated rings. The van der Waals surface area contributed by atoms with Crippen LogP contribution in [-0.4, -0.2) is 66.3 Å². The molecule has 0 unspecified atom stereocenters. The van der Waals surface area contributed by atoms with E-state index >= 15 is 0 Å². The maximum absolute atomic E-state index is 12.6. The van der Waals surface area contributed by atoms with Crippen LogP contribution in [0.4, 0.5) is 0 Å². The van der Waals surface area contributed by atoms with E-state index in [2.05, 4.69) is 120 Å². The van der Waals surface area contributed by atoms with Gasteiger partial charge in [0.25, 0.3) is 0 Å². The highest BCUT2D eigenvalue weighted by molar-refractivity contribution is 14.1. The normalized spacial score (nSPS) is 19.6. The molecule has 0 N–H and O–H groups in total. The quantitative estimate of drug-likeness (QED) is 0.0480. The number of ketones is 3. The van der Waals surface area contributed by atoms with Crippen LogP contribution in [-0.2, 0) is 7.05 Å². The number of pyridine rings is 1. The van der Waals surface area contributed by atoms with E-state index in [1.54, 1.807) is 85.3 Å². The number of rotatable bonds is 21. The molecule has 12 rings (SSSR count). The molecule has 21 heteroatoms. The van der Waals surface area contributed by atoms with E-state index in [1.165, 1.54) is 15.1 Å². The highest BCUT2D eigenvalue weighted by Gasteiger charge is 2.30. The van der Waals surface area contributed by atoms with E-state index in [4.69, 9.17) is 86.4 Å². The second-order valence-corrected chi connectivity index (χ2v) is 31.9. The molecule has 0 aliphatic heterocycles. The molecule has 0 amide bonds. The highest BCUT2D eigenvalue weighted by atomic mass is 127. The van der Waals surface area contributed by atoms with Gasteiger partial charge in [0.1, 0.15) is 58.8 Å². The molecular formula is C86H92Cl4IN9O7. The van der Waals surface area contributed by atoms with Gasteiger partial charge < -0.3 is 23.5 Å². The van der Waals surface area contributed by atoms with Crippen molar-refractivity contribution in [1.29, 1.82) is 21.0 Å². The van der Waals surface area contributed by atoms with Crippen LogP contribution < -0.4 is 18.9 Å². The molecule has 0 saturated heterocycles. The summed E-state index contributed by atoms with van der Waals surface area (Å²) in [5.74, 6) is 7.28. The first kappa shape index (κ1) is 82.7. The third kappa shape index (κ3) is 24.6. The predicted octanol–water partition coefficient (Wildman–Crippen LogP) is 22.5. The van der Waals surface area contributed by atoms with Gasteiger partial charge in [-0.05, 0) is 227 Å². The van der Waals surface area contributed by atoms with E-state index in [1.807, 2.05) is 48.7 Å². The van der Waals surface area contributed by atoms with Gasteiger partial charge in [-0.25, -0.2) is 9.97 Å². The second-order valence-electron chi connectivity index (χ2n) is 29.2. The van der Waals surface area contributed by atoms with E-state index in [-0.39, 0.29) is 41.8 Å². The highest BCUT2D eigenvalue weighted by Crippen LogP contribution is 2.38. The first-order valence-corrected chi connectivity index (χ1v) is 39.6. The van der Waals surface area contributed by atoms with Gasteiger partial charge in [0.15, 0.2) is 17.3 Å². The van der Waals surface area contributed by atoms with Crippen LogP contribution >= 0.6 is 69.0 Å². The summed E-state index contributed by atoms with van der Waals surface area (Å²) in [6, 6.07) is 40.8. The summed E-state index contributed by atoms with van der Waals surface area (Å²) >= 11 is 26.6. The van der Waals surface area contributed by atoms with E-state index in [0.29, 0.717) is 132 Å². The molecule has 5 aromatic carbocycles. The average molecular weight is 1630 g/mol. The molecule has 4 aliphatic rings. The molecule has 3 heterocycles. The molecule has 0 bridgehead atoms. The number of carbonyl (C=O) groups is 3. The zero-order chi connectivity index (χ0) is 76.7. The van der Waals surface area contributed by atoms with Crippen molar-refractivity contribution in [2.75, 3.05) is 0 Å². The molecule has 107 heavy (non-hydrogen) atoms. The SMILES string of the molecule is CC(C)c1ccc(C(=O)CC2CCC(Oc3ccc(C#N)c(Cl)c3)CC2)cc1.CC(C)c1ccc(C(=O)CC2CCC(Oc3ccc(C#N)c(Cl)c3)CC2)cn1.CC(C)c1cnc(C(=O)CC2CCC(Oc3ccc(C#N)c(Cl)c3)CC2)cn1.Cn1c(I)cnc1C1CCC(Oc2ccc(C#N)c(Cl)c2)CC1. The zero-order valence-corrected chi connectivity index (χ0v) is 66.9. The number of carbonyl (C=O) groups excluding carboxylic acids is 3. The van der Waals surface area contributed by atoms with Gasteiger partial charge in [0.05, 0.1) is 88.5 Å². The largest absolute Gasteiger partial charge is 0.490 e. The molecule has 4 aliphatic carbocycles. The minimum absolute atomic E-state index is 0.0612. The number of aromatic nitrogens is 5. The van der Waals surface area contributed by atoms with Crippen LogP contribution in [0.3, 0.4) is 0 Å². The number of Topliss-reactive ketones (excluding diaryl/α,β-unsaturated/α-hetero) is 3. The van der Waals surface area contributed by atoms with Gasteiger partial charge in [-0.15, -0.1) is 0 Å². The summed E-state index contributed by atoms with van der Waals surface area (Å²) in [7, 11) is 2.07. The first-order valence-electron chi connectivity index (χ1n) is 37.1. The molecule has 4 saturated carbocycles. The fourth-order valence-electron chi connectivity index (χ4n) is 13.9. The summed E-state index contributed by atoms with van der Waals surface area (Å²) in [6.07, 6.45) is 24.7. The van der Waals surface area contributed by atoms with Gasteiger partial charge in [0.2, 0.25) is 0 Å². The Morgan fingerprint density at radius 3 is 1.08 bits per heavy atom. The van der Waals surface area contributed by atoms with E-state index in [9.17, 15) is 14.4 Å². The van der Waals surface area contributed by atoms with Gasteiger partial charge in [0, 0.05) is 85.7 Å². The topological polar surface area (TPSA) is 240 Å². The van der Waals surface area contributed by atoms with Gasteiger partial charge >= 0.3 is 0 Å². The molecule has 558 valence electrons. The van der Waals surface area contributed by atoms with Crippen LogP contribution in [0.1, 0.15) is 263 Å². The number of nitrogens with zero attached hydrogens (tertiary/aromatic N) is 9. The monoisotopic (exact) mass is 1630 g/mol. The number of halogens is 5. The van der Waals surface area contributed by atoms with Crippen LogP contribution in [0.2, 0.25) is 20.1 Å². The third-order valence-corrected chi connectivity index (χ3v) is 22.7. The molecule has 0 atom stereocenters. The maximum atomic E-state index is 12.6. The van der Waals surface area contributed by atoms with Crippen molar-refractivity contribution in [2.24, 2.45) is 24.8 Å². The Morgan fingerprint density at radius 1 is 0.421 bits per heavy atom. The van der Waals surface area contributed by atoms with Crippen molar-refractivity contribution in [3.8, 4) is 47.3 Å². The lowest BCUT2D eigenvalue weighted by molar-refractivity contribution is 0.0893. The number of hydrogen-bond donors (Lipinski definition) is 0. The molecule has 3 aromatic heterocycles. The Morgan fingerprint density at radius 2 is 0.776 bits per heavy atom. The fraction of sp³-hybridized carbons (Fsp3) is 0.430. The summed E-state index contributed by atoms with van der Waals surface area (Å²) < 4.78 is 27.4. The molecule has 8 aromatic rings. The molecule has 16 nitrogen and oxygen atoms in total. The third-order valence-electron chi connectivity index (χ3n) is 20.4. The van der Waals surface area contributed by atoms with E-state index in [0.717, 1.165) is 125 Å². The van der Waals surface area contributed by atoms with Crippen molar-refractivity contribution < 1.29 is 33.3 Å². The second kappa shape index (κ2) is 40.7. The Bertz CT molecular complexity index is 4120. The lowest BCUT2D eigenvalue weighted by Crippen LogP contribution is -2.25. The number of ether oxygens (including phenoxy) is 4. The van der Waals surface area contributed by atoms with Gasteiger partial charge in [-0.2, -0.15) is 21.0 Å². The zero-order valence-electron chi connectivity index (χ0n) is 61.8. The van der Waals surface area contributed by atoms with Crippen molar-refractivity contribution in [1.82, 2.24) is 24.5 Å². The van der Waals surface area contributed by atoms with Crippen molar-refractivity contribution in [3.05, 3.63) is 220 Å². The number of nitriles is 4. The molecule has 0 radical (unpaired) electrons. The fourth-order valence-corrected chi connectivity index (χ4v) is 15.1. The minimum Gasteiger partial charge on any atom is -0.490 e. The smallest absolute Gasteiger partial charge is 0.183 e. The number of imidazole rings is 1. The predicted molar refractivity (Wildman–Crippen MR) is 427 cm³/mol. The minimum atomic E-state index is 0.0612. The Hall–Kier alpha value is -8.40.